The van der Waals surface area contributed by atoms with Crippen molar-refractivity contribution in [2.75, 3.05) is 19.7 Å². The molecule has 3 aromatic carbocycles. The zero-order valence-electron chi connectivity index (χ0n) is 19.5. The number of hydrogen-bond donors (Lipinski definition) is 4. The van der Waals surface area contributed by atoms with E-state index >= 15 is 0 Å². The number of nitrogens with one attached hydrogen (secondary N) is 2. The zero-order valence-corrected chi connectivity index (χ0v) is 19.5. The molecule has 3 aromatic rings. The fourth-order valence-corrected chi connectivity index (χ4v) is 3.63. The maximum atomic E-state index is 12.5. The van der Waals surface area contributed by atoms with Gasteiger partial charge < -0.3 is 25.6 Å². The van der Waals surface area contributed by atoms with Crippen LogP contribution in [0.5, 0.6) is 0 Å². The van der Waals surface area contributed by atoms with Crippen molar-refractivity contribution in [2.45, 2.75) is 32.2 Å². The molecule has 0 aliphatic carbocycles. The monoisotopic (exact) mass is 468 g/mol. The van der Waals surface area contributed by atoms with Crippen LogP contribution in [0, 0.1) is 5.92 Å². The van der Waals surface area contributed by atoms with Crippen molar-refractivity contribution < 1.29 is 27.4 Å². The van der Waals surface area contributed by atoms with Gasteiger partial charge in [-0.05, 0) is 55.3 Å². The zero-order chi connectivity index (χ0) is 24.6. The molecule has 34 heavy (non-hydrogen) atoms. The minimum atomic E-state index is -1.50. The first-order valence-corrected chi connectivity index (χ1v) is 11.4. The molecule has 2 amide bonds. The number of rotatable bonds is 6. The maximum absolute atomic E-state index is 12.5. The molecular formula is C27H36N2O5. The summed E-state index contributed by atoms with van der Waals surface area (Å²) in [6.07, 6.45) is 0.783. The van der Waals surface area contributed by atoms with Gasteiger partial charge in [0.15, 0.2) is 5.79 Å². The van der Waals surface area contributed by atoms with Crippen molar-refractivity contribution in [3.63, 3.8) is 0 Å². The summed E-state index contributed by atoms with van der Waals surface area (Å²) >= 11 is 0. The summed E-state index contributed by atoms with van der Waals surface area (Å²) in [6, 6.07) is 22.9. The van der Waals surface area contributed by atoms with E-state index in [1.54, 1.807) is 12.1 Å². The molecule has 184 valence electrons. The van der Waals surface area contributed by atoms with Crippen LogP contribution < -0.4 is 10.6 Å². The van der Waals surface area contributed by atoms with Crippen molar-refractivity contribution in [1.82, 2.24) is 10.6 Å². The minimum absolute atomic E-state index is 0. The summed E-state index contributed by atoms with van der Waals surface area (Å²) in [5.74, 6) is -1.41. The first kappa shape index (κ1) is 25.4. The second-order valence-electron chi connectivity index (χ2n) is 8.90. The molecule has 4 N–H and O–H groups in total. The lowest BCUT2D eigenvalue weighted by molar-refractivity contribution is -0.127. The maximum Gasteiger partial charge on any atom is 0.251 e. The van der Waals surface area contributed by atoms with Crippen LogP contribution in [0.4, 0.5) is 0 Å². The minimum Gasteiger partial charge on any atom is -0.376 e. The smallest absolute Gasteiger partial charge is 0.251 e. The van der Waals surface area contributed by atoms with Crippen molar-refractivity contribution in [1.29, 1.82) is 0 Å². The third-order valence-electron chi connectivity index (χ3n) is 5.25. The third kappa shape index (κ3) is 8.26. The highest BCUT2D eigenvalue weighted by molar-refractivity contribution is 5.98. The van der Waals surface area contributed by atoms with E-state index in [9.17, 15) is 9.59 Å². The molecule has 0 radical (unpaired) electrons. The lowest BCUT2D eigenvalue weighted by Crippen LogP contribution is -2.32. The Morgan fingerprint density at radius 2 is 1.47 bits per heavy atom. The molecule has 0 saturated carbocycles. The second-order valence-corrected chi connectivity index (χ2v) is 8.90. The third-order valence-corrected chi connectivity index (χ3v) is 5.25. The lowest BCUT2D eigenvalue weighted by Gasteiger charge is -2.12. The van der Waals surface area contributed by atoms with Crippen LogP contribution in [0.2, 0.25) is 0 Å². The summed E-state index contributed by atoms with van der Waals surface area (Å²) in [7, 11) is 0. The largest absolute Gasteiger partial charge is 0.376 e. The van der Waals surface area contributed by atoms with Gasteiger partial charge in [-0.1, -0.05) is 48.5 Å². The number of carbonyl (C=O) groups is 2. The van der Waals surface area contributed by atoms with Gasteiger partial charge in [-0.25, -0.2) is 0 Å². The van der Waals surface area contributed by atoms with Gasteiger partial charge in [0, 0.05) is 33.0 Å². The van der Waals surface area contributed by atoms with Crippen molar-refractivity contribution in [3.05, 3.63) is 83.9 Å². The van der Waals surface area contributed by atoms with Crippen LogP contribution in [0.15, 0.2) is 72.8 Å². The van der Waals surface area contributed by atoms with E-state index in [0.717, 1.165) is 17.2 Å². The predicted octanol–water partition coefficient (Wildman–Crippen LogP) is 3.60. The lowest BCUT2D eigenvalue weighted by atomic mass is 10.0. The fourth-order valence-electron chi connectivity index (χ4n) is 3.63. The molecule has 1 heterocycles. The predicted molar refractivity (Wildman–Crippen MR) is 136 cm³/mol. The Bertz CT molecular complexity index is 1100. The van der Waals surface area contributed by atoms with Crippen LogP contribution in [0.1, 0.15) is 43.8 Å². The molecule has 4 rings (SSSR count). The normalized spacial score (nSPS) is 17.5. The average molecular weight is 469 g/mol. The summed E-state index contributed by atoms with van der Waals surface area (Å²) in [6.45, 7) is 4.23. The molecule has 0 bridgehead atoms. The van der Waals surface area contributed by atoms with Crippen LogP contribution in [0.3, 0.4) is 0 Å². The molecular weight excluding hydrogens is 432 g/mol. The molecule has 0 aromatic heterocycles. The standard InChI is InChI=1S/C24H24N2O3.C3H8O2.2H2/c27-23(19-7-2-1-3-8-19)25-14-17-12-22(29-16-17)15-26-24(28)21-11-10-18-6-4-5-9-20(18)13-21;1-3(2,4)5;;/h1-11,13,17,22H,12,14-16H2,(H,25,27)(H,26,28);4-5H,1-2H3;2*1H/t17-,22+;;;/m1.../s1. The summed E-state index contributed by atoms with van der Waals surface area (Å²) < 4.78 is 5.79. The van der Waals surface area contributed by atoms with Crippen LogP contribution in [-0.4, -0.2) is 53.6 Å². The molecule has 1 aliphatic rings. The van der Waals surface area contributed by atoms with Gasteiger partial charge in [-0.15, -0.1) is 0 Å². The number of carbonyl (C=O) groups excluding carboxylic acids is 2. The Morgan fingerprint density at radius 3 is 2.18 bits per heavy atom. The first-order valence-electron chi connectivity index (χ1n) is 11.4. The van der Waals surface area contributed by atoms with Crippen LogP contribution >= 0.6 is 0 Å². The van der Waals surface area contributed by atoms with E-state index in [1.807, 2.05) is 60.7 Å². The van der Waals surface area contributed by atoms with E-state index in [0.29, 0.717) is 30.8 Å². The Morgan fingerprint density at radius 1 is 0.882 bits per heavy atom. The van der Waals surface area contributed by atoms with E-state index in [2.05, 4.69) is 10.6 Å². The highest BCUT2D eigenvalue weighted by Crippen LogP contribution is 2.19. The van der Waals surface area contributed by atoms with Crippen LogP contribution in [0.25, 0.3) is 10.8 Å². The van der Waals surface area contributed by atoms with Gasteiger partial charge in [-0.2, -0.15) is 0 Å². The van der Waals surface area contributed by atoms with Gasteiger partial charge in [-0.3, -0.25) is 9.59 Å². The number of hydrogen-bond acceptors (Lipinski definition) is 5. The molecule has 7 heteroatoms. The van der Waals surface area contributed by atoms with Crippen molar-refractivity contribution >= 4 is 22.6 Å². The van der Waals surface area contributed by atoms with E-state index in [1.165, 1.54) is 13.8 Å². The number of benzene rings is 3. The SMILES string of the molecule is CC(C)(O)O.O=C(NC[C@@H]1CO[C@H](CNC(=O)c2ccc3ccccc3c2)C1)c1ccccc1.[HH].[HH]. The fraction of sp³-hybridized carbons (Fsp3) is 0.333. The Labute approximate surface area is 202 Å². The van der Waals surface area contributed by atoms with E-state index in [4.69, 9.17) is 14.9 Å². The number of aliphatic hydroxyl groups is 2. The van der Waals surface area contributed by atoms with Crippen molar-refractivity contribution in [3.8, 4) is 0 Å². The Kier molecular flexibility index (Phi) is 8.76. The quantitative estimate of drug-likeness (QED) is 0.414. The summed E-state index contributed by atoms with van der Waals surface area (Å²) in [5, 5.41) is 24.2. The molecule has 7 nitrogen and oxygen atoms in total. The van der Waals surface area contributed by atoms with Gasteiger partial charge in [0.25, 0.3) is 11.8 Å². The average Bonchev–Trinajstić information content (AvgIpc) is 3.28. The highest BCUT2D eigenvalue weighted by Gasteiger charge is 2.26. The van der Waals surface area contributed by atoms with Gasteiger partial charge in [0.1, 0.15) is 0 Å². The summed E-state index contributed by atoms with van der Waals surface area (Å²) in [4.78, 5) is 24.6. The number of amides is 2. The first-order chi connectivity index (χ1) is 16.2. The van der Waals surface area contributed by atoms with E-state index in [-0.39, 0.29) is 26.7 Å². The molecule has 1 saturated heterocycles. The summed E-state index contributed by atoms with van der Waals surface area (Å²) in [5.41, 5.74) is 1.30. The Hall–Kier alpha value is -3.26. The molecule has 1 aliphatic heterocycles. The van der Waals surface area contributed by atoms with E-state index < -0.39 is 5.79 Å². The van der Waals surface area contributed by atoms with Crippen LogP contribution in [-0.2, 0) is 4.74 Å². The molecule has 1 fully saturated rings. The second kappa shape index (κ2) is 11.7. The molecule has 0 spiro atoms. The highest BCUT2D eigenvalue weighted by atomic mass is 16.5. The molecule has 2 atom stereocenters. The topological polar surface area (TPSA) is 108 Å². The van der Waals surface area contributed by atoms with Gasteiger partial charge >= 0.3 is 0 Å². The number of ether oxygens (including phenoxy) is 1. The van der Waals surface area contributed by atoms with Gasteiger partial charge in [0.2, 0.25) is 0 Å². The van der Waals surface area contributed by atoms with Gasteiger partial charge in [0.05, 0.1) is 12.7 Å². The Balaban J connectivity index is 0.000000846. The number of fused-ring (bicyclic) bond motifs is 1. The van der Waals surface area contributed by atoms with Crippen molar-refractivity contribution in [2.24, 2.45) is 5.92 Å². The molecule has 0 unspecified atom stereocenters.